The van der Waals surface area contributed by atoms with E-state index in [1.807, 2.05) is 32.0 Å². The van der Waals surface area contributed by atoms with Crippen molar-refractivity contribution in [3.05, 3.63) is 59.3 Å². The molecule has 6 heteroatoms. The van der Waals surface area contributed by atoms with Gasteiger partial charge in [-0.2, -0.15) is 0 Å². The molecule has 140 valence electrons. The Labute approximate surface area is 153 Å². The summed E-state index contributed by atoms with van der Waals surface area (Å²) < 4.78 is 19.4. The van der Waals surface area contributed by atoms with Crippen LogP contribution < -0.4 is 10.6 Å². The molecule has 3 atom stereocenters. The standard InChI is InChI=1S/C20H26FN3O2/c1-4-22-19(23-12-20(3,25)18-10-9-13(2)26-18)24-17-11-15(17)14-7-5-6-8-16(14)21/h5-10,15,17,25H,4,11-12H2,1-3H3,(H2,22,23,24). The quantitative estimate of drug-likeness (QED) is 0.548. The molecule has 3 N–H and O–H groups in total. The van der Waals surface area contributed by atoms with E-state index in [9.17, 15) is 9.50 Å². The number of nitrogens with one attached hydrogen (secondary N) is 2. The van der Waals surface area contributed by atoms with Crippen molar-refractivity contribution in [1.82, 2.24) is 10.6 Å². The van der Waals surface area contributed by atoms with E-state index in [0.717, 1.165) is 17.7 Å². The van der Waals surface area contributed by atoms with Crippen LogP contribution in [0.2, 0.25) is 0 Å². The minimum absolute atomic E-state index is 0.139. The van der Waals surface area contributed by atoms with Crippen LogP contribution in [0.25, 0.3) is 0 Å². The molecule has 0 spiro atoms. The molecule has 1 aromatic heterocycles. The number of hydrogen-bond donors (Lipinski definition) is 3. The lowest BCUT2D eigenvalue weighted by molar-refractivity contribution is 0.0428. The third-order valence-corrected chi connectivity index (χ3v) is 4.58. The van der Waals surface area contributed by atoms with E-state index >= 15 is 0 Å². The number of benzene rings is 1. The first-order valence-electron chi connectivity index (χ1n) is 8.99. The van der Waals surface area contributed by atoms with Crippen molar-refractivity contribution in [3.8, 4) is 0 Å². The molecule has 1 aromatic carbocycles. The van der Waals surface area contributed by atoms with Crippen molar-refractivity contribution in [1.29, 1.82) is 0 Å². The van der Waals surface area contributed by atoms with Gasteiger partial charge in [-0.15, -0.1) is 0 Å². The second-order valence-corrected chi connectivity index (χ2v) is 6.99. The summed E-state index contributed by atoms with van der Waals surface area (Å²) in [7, 11) is 0. The van der Waals surface area contributed by atoms with E-state index in [-0.39, 0.29) is 24.3 Å². The van der Waals surface area contributed by atoms with Crippen LogP contribution in [-0.4, -0.2) is 30.2 Å². The summed E-state index contributed by atoms with van der Waals surface area (Å²) in [5.41, 5.74) is -0.454. The van der Waals surface area contributed by atoms with E-state index < -0.39 is 5.60 Å². The summed E-state index contributed by atoms with van der Waals surface area (Å²) in [4.78, 5) is 4.49. The Morgan fingerprint density at radius 2 is 2.12 bits per heavy atom. The molecule has 1 fully saturated rings. The molecule has 0 radical (unpaired) electrons. The molecule has 3 rings (SSSR count). The Hall–Kier alpha value is -2.34. The largest absolute Gasteiger partial charge is 0.463 e. The summed E-state index contributed by atoms with van der Waals surface area (Å²) in [5.74, 6) is 1.83. The molecule has 0 amide bonds. The first kappa shape index (κ1) is 18.5. The molecule has 0 bridgehead atoms. The van der Waals surface area contributed by atoms with Gasteiger partial charge in [0.2, 0.25) is 0 Å². The fraction of sp³-hybridized carbons (Fsp3) is 0.450. The topological polar surface area (TPSA) is 69.8 Å². The maximum absolute atomic E-state index is 13.9. The Kier molecular flexibility index (Phi) is 5.32. The second-order valence-electron chi connectivity index (χ2n) is 6.99. The molecule has 2 aromatic rings. The van der Waals surface area contributed by atoms with E-state index in [1.165, 1.54) is 6.07 Å². The van der Waals surface area contributed by atoms with Crippen LogP contribution in [0.15, 0.2) is 45.8 Å². The minimum Gasteiger partial charge on any atom is -0.463 e. The fourth-order valence-corrected chi connectivity index (χ4v) is 3.00. The van der Waals surface area contributed by atoms with Crippen molar-refractivity contribution in [2.45, 2.75) is 44.8 Å². The first-order chi connectivity index (χ1) is 12.4. The van der Waals surface area contributed by atoms with Gasteiger partial charge in [-0.3, -0.25) is 0 Å². The lowest BCUT2D eigenvalue weighted by atomic mass is 10.0. The zero-order valence-electron chi connectivity index (χ0n) is 15.4. The van der Waals surface area contributed by atoms with Crippen molar-refractivity contribution < 1.29 is 13.9 Å². The predicted molar refractivity (Wildman–Crippen MR) is 99.7 cm³/mol. The average Bonchev–Trinajstić information content (AvgIpc) is 3.21. The lowest BCUT2D eigenvalue weighted by Gasteiger charge is -2.19. The molecular formula is C20H26FN3O2. The third-order valence-electron chi connectivity index (χ3n) is 4.58. The van der Waals surface area contributed by atoms with E-state index in [2.05, 4.69) is 15.6 Å². The molecule has 3 unspecified atom stereocenters. The number of aliphatic hydroxyl groups is 1. The fourth-order valence-electron chi connectivity index (χ4n) is 3.00. The number of aryl methyl sites for hydroxylation is 1. The maximum atomic E-state index is 13.9. The lowest BCUT2D eigenvalue weighted by Crippen LogP contribution is -2.40. The van der Waals surface area contributed by atoms with Crippen LogP contribution in [0.3, 0.4) is 0 Å². The maximum Gasteiger partial charge on any atom is 0.191 e. The number of nitrogens with zero attached hydrogens (tertiary/aromatic N) is 1. The van der Waals surface area contributed by atoms with Gasteiger partial charge in [0.05, 0.1) is 6.54 Å². The van der Waals surface area contributed by atoms with Gasteiger partial charge >= 0.3 is 0 Å². The van der Waals surface area contributed by atoms with Gasteiger partial charge in [0.15, 0.2) is 5.96 Å². The van der Waals surface area contributed by atoms with Gasteiger partial charge in [0, 0.05) is 18.5 Å². The van der Waals surface area contributed by atoms with Gasteiger partial charge in [0.1, 0.15) is 22.9 Å². The number of hydrogen-bond acceptors (Lipinski definition) is 3. The highest BCUT2D eigenvalue weighted by Gasteiger charge is 2.40. The van der Waals surface area contributed by atoms with Crippen LogP contribution >= 0.6 is 0 Å². The molecule has 26 heavy (non-hydrogen) atoms. The average molecular weight is 359 g/mol. The summed E-state index contributed by atoms with van der Waals surface area (Å²) in [5, 5.41) is 17.1. The monoisotopic (exact) mass is 359 g/mol. The molecule has 1 aliphatic rings. The SMILES string of the molecule is CCNC(=NCC(C)(O)c1ccc(C)o1)NC1CC1c1ccccc1F. The van der Waals surface area contributed by atoms with Crippen molar-refractivity contribution in [2.75, 3.05) is 13.1 Å². The van der Waals surface area contributed by atoms with E-state index in [0.29, 0.717) is 18.3 Å². The normalized spacial score (nSPS) is 22.0. The summed E-state index contributed by atoms with van der Waals surface area (Å²) in [6.45, 7) is 6.35. The van der Waals surface area contributed by atoms with Crippen molar-refractivity contribution >= 4 is 5.96 Å². The number of rotatable bonds is 6. The highest BCUT2D eigenvalue weighted by Crippen LogP contribution is 2.41. The van der Waals surface area contributed by atoms with Crippen LogP contribution in [0.1, 0.15) is 43.3 Å². The van der Waals surface area contributed by atoms with E-state index in [4.69, 9.17) is 4.42 Å². The molecule has 1 aliphatic carbocycles. The summed E-state index contributed by atoms with van der Waals surface area (Å²) >= 11 is 0. The number of guanidine groups is 1. The highest BCUT2D eigenvalue weighted by atomic mass is 19.1. The Bertz CT molecular complexity index is 785. The van der Waals surface area contributed by atoms with Crippen LogP contribution in [0.4, 0.5) is 4.39 Å². The molecule has 1 saturated carbocycles. The molecule has 0 saturated heterocycles. The van der Waals surface area contributed by atoms with Gasteiger partial charge < -0.3 is 20.2 Å². The van der Waals surface area contributed by atoms with Gasteiger partial charge in [-0.05, 0) is 51.0 Å². The van der Waals surface area contributed by atoms with Crippen LogP contribution in [0.5, 0.6) is 0 Å². The smallest absolute Gasteiger partial charge is 0.191 e. The third kappa shape index (κ3) is 4.25. The molecule has 5 nitrogen and oxygen atoms in total. The summed E-state index contributed by atoms with van der Waals surface area (Å²) in [6, 6.07) is 10.6. The van der Waals surface area contributed by atoms with E-state index in [1.54, 1.807) is 19.1 Å². The molecule has 0 aliphatic heterocycles. The van der Waals surface area contributed by atoms with Crippen LogP contribution in [0, 0.1) is 12.7 Å². The van der Waals surface area contributed by atoms with Gasteiger partial charge in [-0.1, -0.05) is 18.2 Å². The zero-order chi connectivity index (χ0) is 18.7. The number of aliphatic imine (C=N–C) groups is 1. The first-order valence-corrected chi connectivity index (χ1v) is 8.99. The zero-order valence-corrected chi connectivity index (χ0v) is 15.4. The van der Waals surface area contributed by atoms with Gasteiger partial charge in [-0.25, -0.2) is 9.38 Å². The molecular weight excluding hydrogens is 333 g/mol. The minimum atomic E-state index is -1.19. The van der Waals surface area contributed by atoms with Crippen molar-refractivity contribution in [3.63, 3.8) is 0 Å². The Balaban J connectivity index is 1.64. The number of halogens is 1. The van der Waals surface area contributed by atoms with Crippen LogP contribution in [-0.2, 0) is 5.60 Å². The summed E-state index contributed by atoms with van der Waals surface area (Å²) in [6.07, 6.45) is 0.860. The Morgan fingerprint density at radius 3 is 2.77 bits per heavy atom. The second kappa shape index (κ2) is 7.50. The van der Waals surface area contributed by atoms with Crippen molar-refractivity contribution in [2.24, 2.45) is 4.99 Å². The predicted octanol–water partition coefficient (Wildman–Crippen LogP) is 3.05. The molecule has 1 heterocycles. The van der Waals surface area contributed by atoms with Gasteiger partial charge in [0.25, 0.3) is 0 Å². The number of furan rings is 1. The highest BCUT2D eigenvalue weighted by molar-refractivity contribution is 5.80. The Morgan fingerprint density at radius 1 is 1.35 bits per heavy atom.